The first-order valence-corrected chi connectivity index (χ1v) is 4.84. The molecule has 0 amide bonds. The van der Waals surface area contributed by atoms with Crippen LogP contribution in [0.15, 0.2) is 41.0 Å². The van der Waals surface area contributed by atoms with Gasteiger partial charge in [0, 0.05) is 9.13 Å². The Bertz CT molecular complexity index is 409. The van der Waals surface area contributed by atoms with Crippen LogP contribution in [0.3, 0.4) is 0 Å². The van der Waals surface area contributed by atoms with Gasteiger partial charge in [-0.15, -0.1) is 0 Å². The highest BCUT2D eigenvalue weighted by Gasteiger charge is 2.05. The molecule has 2 aromatic rings. The molecule has 0 saturated carbocycles. The van der Waals surface area contributed by atoms with Gasteiger partial charge in [0.1, 0.15) is 11.6 Å². The second-order valence-electron chi connectivity index (χ2n) is 2.60. The van der Waals surface area contributed by atoms with Crippen molar-refractivity contribution in [1.29, 1.82) is 0 Å². The van der Waals surface area contributed by atoms with Crippen molar-refractivity contribution in [2.75, 3.05) is 0 Å². The SMILES string of the molecule is Fc1ccc(-c2ccco2)c(I)c1. The van der Waals surface area contributed by atoms with Crippen LogP contribution in [0, 0.1) is 9.39 Å². The maximum absolute atomic E-state index is 12.8. The Morgan fingerprint density at radius 2 is 2.08 bits per heavy atom. The van der Waals surface area contributed by atoms with Crippen molar-refractivity contribution in [3.8, 4) is 11.3 Å². The number of rotatable bonds is 1. The average Bonchev–Trinajstić information content (AvgIpc) is 2.56. The predicted octanol–water partition coefficient (Wildman–Crippen LogP) is 3.69. The molecule has 0 N–H and O–H groups in total. The summed E-state index contributed by atoms with van der Waals surface area (Å²) in [5.74, 6) is 0.545. The standard InChI is InChI=1S/C10H6FIO/c11-7-3-4-8(9(12)6-7)10-2-1-5-13-10/h1-6H. The predicted molar refractivity (Wildman–Crippen MR) is 56.8 cm³/mol. The van der Waals surface area contributed by atoms with Gasteiger partial charge < -0.3 is 4.42 Å². The Balaban J connectivity index is 2.53. The zero-order valence-corrected chi connectivity index (χ0v) is 8.79. The van der Waals surface area contributed by atoms with Crippen LogP contribution in [0.4, 0.5) is 4.39 Å². The summed E-state index contributed by atoms with van der Waals surface area (Å²) in [7, 11) is 0. The summed E-state index contributed by atoms with van der Waals surface area (Å²) in [5, 5.41) is 0. The molecule has 1 aromatic carbocycles. The molecule has 0 aliphatic heterocycles. The summed E-state index contributed by atoms with van der Waals surface area (Å²) >= 11 is 2.09. The van der Waals surface area contributed by atoms with Gasteiger partial charge in [-0.05, 0) is 52.9 Å². The Kier molecular flexibility index (Phi) is 2.35. The molecule has 0 atom stereocenters. The summed E-state index contributed by atoms with van der Waals surface area (Å²) < 4.78 is 18.8. The van der Waals surface area contributed by atoms with Crippen molar-refractivity contribution >= 4 is 22.6 Å². The van der Waals surface area contributed by atoms with Gasteiger partial charge in [0.2, 0.25) is 0 Å². The molecule has 1 nitrogen and oxygen atoms in total. The first kappa shape index (κ1) is 8.74. The van der Waals surface area contributed by atoms with Crippen molar-refractivity contribution in [2.45, 2.75) is 0 Å². The van der Waals surface area contributed by atoms with E-state index in [1.165, 1.54) is 12.1 Å². The van der Waals surface area contributed by atoms with E-state index in [1.54, 1.807) is 12.3 Å². The van der Waals surface area contributed by atoms with Gasteiger partial charge >= 0.3 is 0 Å². The van der Waals surface area contributed by atoms with Crippen LogP contribution in [0.1, 0.15) is 0 Å². The highest BCUT2D eigenvalue weighted by Crippen LogP contribution is 2.25. The molecule has 1 aromatic heterocycles. The molecule has 66 valence electrons. The number of furan rings is 1. The van der Waals surface area contributed by atoms with Crippen molar-refractivity contribution in [3.63, 3.8) is 0 Å². The molecule has 0 unspecified atom stereocenters. The summed E-state index contributed by atoms with van der Waals surface area (Å²) in [6, 6.07) is 8.30. The highest BCUT2D eigenvalue weighted by atomic mass is 127. The van der Waals surface area contributed by atoms with Crippen molar-refractivity contribution in [2.24, 2.45) is 0 Å². The normalized spacial score (nSPS) is 10.3. The topological polar surface area (TPSA) is 13.1 Å². The van der Waals surface area contributed by atoms with E-state index < -0.39 is 0 Å². The Labute approximate surface area is 88.7 Å². The summed E-state index contributed by atoms with van der Waals surface area (Å²) in [6.45, 7) is 0. The molecular weight excluding hydrogens is 282 g/mol. The van der Waals surface area contributed by atoms with Crippen LogP contribution in [-0.2, 0) is 0 Å². The zero-order chi connectivity index (χ0) is 9.26. The van der Waals surface area contributed by atoms with Gasteiger partial charge in [-0.2, -0.15) is 0 Å². The highest BCUT2D eigenvalue weighted by molar-refractivity contribution is 14.1. The van der Waals surface area contributed by atoms with Gasteiger partial charge in [-0.3, -0.25) is 0 Å². The zero-order valence-electron chi connectivity index (χ0n) is 6.63. The van der Waals surface area contributed by atoms with Crippen LogP contribution in [-0.4, -0.2) is 0 Å². The van der Waals surface area contributed by atoms with Gasteiger partial charge in [0.05, 0.1) is 6.26 Å². The van der Waals surface area contributed by atoms with Crippen LogP contribution in [0.2, 0.25) is 0 Å². The largest absolute Gasteiger partial charge is 0.464 e. The fourth-order valence-corrected chi connectivity index (χ4v) is 1.86. The lowest BCUT2D eigenvalue weighted by molar-refractivity contribution is 0.581. The van der Waals surface area contributed by atoms with Crippen molar-refractivity contribution in [3.05, 3.63) is 46.0 Å². The van der Waals surface area contributed by atoms with Crippen LogP contribution >= 0.6 is 22.6 Å². The smallest absolute Gasteiger partial charge is 0.134 e. The minimum atomic E-state index is -0.222. The number of hydrogen-bond acceptors (Lipinski definition) is 1. The molecule has 0 fully saturated rings. The van der Waals surface area contributed by atoms with E-state index in [-0.39, 0.29) is 5.82 Å². The molecule has 0 radical (unpaired) electrons. The Hall–Kier alpha value is -0.840. The molecule has 0 bridgehead atoms. The van der Waals surface area contributed by atoms with E-state index in [2.05, 4.69) is 22.6 Å². The summed E-state index contributed by atoms with van der Waals surface area (Å²) in [6.07, 6.45) is 1.61. The van der Waals surface area contributed by atoms with Crippen LogP contribution < -0.4 is 0 Å². The maximum Gasteiger partial charge on any atom is 0.134 e. The monoisotopic (exact) mass is 288 g/mol. The molecule has 0 aliphatic rings. The molecule has 0 aliphatic carbocycles. The summed E-state index contributed by atoms with van der Waals surface area (Å²) in [5.41, 5.74) is 0.923. The van der Waals surface area contributed by atoms with E-state index in [0.29, 0.717) is 0 Å². The molecule has 3 heteroatoms. The molecule has 0 saturated heterocycles. The molecule has 1 heterocycles. The first-order chi connectivity index (χ1) is 6.27. The van der Waals surface area contributed by atoms with Crippen LogP contribution in [0.5, 0.6) is 0 Å². The molecule has 2 rings (SSSR count). The minimum absolute atomic E-state index is 0.222. The van der Waals surface area contributed by atoms with Crippen molar-refractivity contribution in [1.82, 2.24) is 0 Å². The third kappa shape index (κ3) is 1.75. The fraction of sp³-hybridized carbons (Fsp3) is 0. The maximum atomic E-state index is 12.8. The minimum Gasteiger partial charge on any atom is -0.464 e. The van der Waals surface area contributed by atoms with E-state index in [9.17, 15) is 4.39 Å². The number of halogens is 2. The molecule has 0 spiro atoms. The second-order valence-corrected chi connectivity index (χ2v) is 3.76. The van der Waals surface area contributed by atoms with E-state index in [1.807, 2.05) is 12.1 Å². The lowest BCUT2D eigenvalue weighted by Crippen LogP contribution is -1.82. The summed E-state index contributed by atoms with van der Waals surface area (Å²) in [4.78, 5) is 0. The molecular formula is C10H6FIO. The number of benzene rings is 1. The second kappa shape index (κ2) is 3.49. The van der Waals surface area contributed by atoms with Crippen LogP contribution in [0.25, 0.3) is 11.3 Å². The lowest BCUT2D eigenvalue weighted by Gasteiger charge is -1.99. The average molecular weight is 288 g/mol. The van der Waals surface area contributed by atoms with Crippen molar-refractivity contribution < 1.29 is 8.81 Å². The van der Waals surface area contributed by atoms with Gasteiger partial charge in [-0.1, -0.05) is 0 Å². The lowest BCUT2D eigenvalue weighted by atomic mass is 10.2. The van der Waals surface area contributed by atoms with E-state index in [0.717, 1.165) is 14.9 Å². The Morgan fingerprint density at radius 1 is 1.23 bits per heavy atom. The Morgan fingerprint density at radius 3 is 2.69 bits per heavy atom. The quantitative estimate of drug-likeness (QED) is 0.729. The van der Waals surface area contributed by atoms with Gasteiger partial charge in [-0.25, -0.2) is 4.39 Å². The fourth-order valence-electron chi connectivity index (χ4n) is 1.12. The number of hydrogen-bond donors (Lipinski definition) is 0. The van der Waals surface area contributed by atoms with E-state index in [4.69, 9.17) is 4.42 Å². The van der Waals surface area contributed by atoms with Gasteiger partial charge in [0.15, 0.2) is 0 Å². The molecule has 13 heavy (non-hydrogen) atoms. The third-order valence-electron chi connectivity index (χ3n) is 1.72. The first-order valence-electron chi connectivity index (χ1n) is 3.76. The van der Waals surface area contributed by atoms with E-state index >= 15 is 0 Å². The van der Waals surface area contributed by atoms with Gasteiger partial charge in [0.25, 0.3) is 0 Å². The third-order valence-corrected chi connectivity index (χ3v) is 2.61.